The van der Waals surface area contributed by atoms with E-state index < -0.39 is 5.91 Å². The van der Waals surface area contributed by atoms with Gasteiger partial charge in [-0.2, -0.15) is 0 Å². The number of hydrogen-bond donors (Lipinski definition) is 3. The third-order valence-corrected chi connectivity index (χ3v) is 8.55. The molecule has 3 N–H and O–H groups in total. The molecule has 45 heavy (non-hydrogen) atoms. The number of para-hydroxylation sites is 1. The summed E-state index contributed by atoms with van der Waals surface area (Å²) in [4.78, 5) is 40.5. The van der Waals surface area contributed by atoms with Crippen molar-refractivity contribution in [3.63, 3.8) is 0 Å². The molecular formula is C38H35N3O3S. The Kier molecular flexibility index (Phi) is 10.1. The molecule has 7 heteroatoms. The number of anilines is 2. The Morgan fingerprint density at radius 2 is 1.47 bits per heavy atom. The van der Waals surface area contributed by atoms with Crippen LogP contribution in [0.1, 0.15) is 40.9 Å². The number of carbonyl (C=O) groups is 3. The van der Waals surface area contributed by atoms with Crippen LogP contribution in [0.25, 0.3) is 16.8 Å². The van der Waals surface area contributed by atoms with E-state index in [-0.39, 0.29) is 22.8 Å². The van der Waals surface area contributed by atoms with E-state index in [1.807, 2.05) is 92.7 Å². The van der Waals surface area contributed by atoms with Gasteiger partial charge in [0.25, 0.3) is 11.8 Å². The average molecular weight is 614 g/mol. The maximum atomic E-state index is 13.6. The van der Waals surface area contributed by atoms with Crippen LogP contribution < -0.4 is 16.0 Å². The van der Waals surface area contributed by atoms with E-state index in [1.165, 1.54) is 11.8 Å². The highest BCUT2D eigenvalue weighted by molar-refractivity contribution is 8.00. The minimum Gasteiger partial charge on any atom is -0.325 e. The highest BCUT2D eigenvalue weighted by Crippen LogP contribution is 2.28. The summed E-state index contributed by atoms with van der Waals surface area (Å²) in [6, 6.07) is 35.8. The summed E-state index contributed by atoms with van der Waals surface area (Å²) in [5, 5.41) is 10.5. The Bertz CT molecular complexity index is 1860. The van der Waals surface area contributed by atoms with Crippen LogP contribution >= 0.6 is 11.8 Å². The number of thioether (sulfide) groups is 1. The first kappa shape index (κ1) is 31.3. The van der Waals surface area contributed by atoms with Gasteiger partial charge in [0.2, 0.25) is 5.91 Å². The molecule has 0 aliphatic rings. The molecule has 5 aromatic rings. The highest BCUT2D eigenvalue weighted by Gasteiger charge is 2.18. The quantitative estimate of drug-likeness (QED) is 0.109. The molecule has 0 aliphatic carbocycles. The van der Waals surface area contributed by atoms with Crippen LogP contribution in [0.3, 0.4) is 0 Å². The van der Waals surface area contributed by atoms with Gasteiger partial charge >= 0.3 is 0 Å². The fourth-order valence-electron chi connectivity index (χ4n) is 4.97. The molecule has 0 bridgehead atoms. The molecule has 0 fully saturated rings. The van der Waals surface area contributed by atoms with Crippen molar-refractivity contribution in [2.75, 3.05) is 10.6 Å². The summed E-state index contributed by atoms with van der Waals surface area (Å²) in [6.07, 6.45) is 2.53. The van der Waals surface area contributed by atoms with Gasteiger partial charge < -0.3 is 16.0 Å². The molecule has 3 amide bonds. The summed E-state index contributed by atoms with van der Waals surface area (Å²) < 4.78 is 0. The molecule has 1 atom stereocenters. The van der Waals surface area contributed by atoms with E-state index >= 15 is 0 Å². The third kappa shape index (κ3) is 7.88. The number of carbonyl (C=O) groups excluding carboxylic acids is 3. The number of benzene rings is 5. The van der Waals surface area contributed by atoms with Gasteiger partial charge in [-0.15, -0.1) is 11.8 Å². The van der Waals surface area contributed by atoms with Crippen LogP contribution in [-0.2, 0) is 16.0 Å². The minimum absolute atomic E-state index is 0.0706. The Morgan fingerprint density at radius 1 is 0.778 bits per heavy atom. The van der Waals surface area contributed by atoms with Gasteiger partial charge in [0.1, 0.15) is 5.70 Å². The van der Waals surface area contributed by atoms with E-state index in [0.717, 1.165) is 44.5 Å². The van der Waals surface area contributed by atoms with Crippen LogP contribution in [0.2, 0.25) is 0 Å². The standard InChI is InChI=1S/C38H35N3O3S/c1-4-27-16-10-12-25(2)35(27)41-36(42)26(3)45-32-22-20-31(21-23-32)39-38(44)34(40-37(43)29-14-6-5-7-15-29)24-30-18-11-17-28-13-8-9-19-33(28)30/h5-24,26H,4H2,1-3H3,(H,39,44)(H,40,43)(H,41,42)/b34-24-. The maximum Gasteiger partial charge on any atom is 0.272 e. The van der Waals surface area contributed by atoms with Crippen molar-refractivity contribution < 1.29 is 14.4 Å². The lowest BCUT2D eigenvalue weighted by atomic mass is 10.0. The molecular weight excluding hydrogens is 579 g/mol. The lowest BCUT2D eigenvalue weighted by Crippen LogP contribution is -2.30. The van der Waals surface area contributed by atoms with Crippen LogP contribution in [0.15, 0.2) is 126 Å². The summed E-state index contributed by atoms with van der Waals surface area (Å²) in [5.41, 5.74) is 4.95. The summed E-state index contributed by atoms with van der Waals surface area (Å²) in [7, 11) is 0. The molecule has 0 aromatic heterocycles. The predicted octanol–water partition coefficient (Wildman–Crippen LogP) is 8.24. The van der Waals surface area contributed by atoms with Gasteiger partial charge in [-0.3, -0.25) is 14.4 Å². The van der Waals surface area contributed by atoms with Gasteiger partial charge in [0.05, 0.1) is 5.25 Å². The molecule has 1 unspecified atom stereocenters. The molecule has 0 saturated carbocycles. The zero-order valence-electron chi connectivity index (χ0n) is 25.5. The van der Waals surface area contributed by atoms with Crippen molar-refractivity contribution >= 4 is 57.7 Å². The third-order valence-electron chi connectivity index (χ3n) is 7.43. The second-order valence-corrected chi connectivity index (χ2v) is 12.1. The maximum absolute atomic E-state index is 13.6. The summed E-state index contributed by atoms with van der Waals surface area (Å²) >= 11 is 1.44. The van der Waals surface area contributed by atoms with Crippen molar-refractivity contribution in [3.05, 3.63) is 143 Å². The fraction of sp³-hybridized carbons (Fsp3) is 0.132. The number of amides is 3. The SMILES string of the molecule is CCc1cccc(C)c1NC(=O)C(C)Sc1ccc(NC(=O)/C(=C/c2cccc3ccccc23)NC(=O)c2ccccc2)cc1. The van der Waals surface area contributed by atoms with Crippen LogP contribution in [0.5, 0.6) is 0 Å². The first-order valence-corrected chi connectivity index (χ1v) is 15.7. The van der Waals surface area contributed by atoms with E-state index in [4.69, 9.17) is 0 Å². The number of hydrogen-bond acceptors (Lipinski definition) is 4. The average Bonchev–Trinajstić information content (AvgIpc) is 3.06. The van der Waals surface area contributed by atoms with E-state index in [0.29, 0.717) is 11.3 Å². The first-order valence-electron chi connectivity index (χ1n) is 14.9. The van der Waals surface area contributed by atoms with Gasteiger partial charge in [0.15, 0.2) is 0 Å². The Labute approximate surface area is 268 Å². The number of nitrogens with one attached hydrogen (secondary N) is 3. The zero-order chi connectivity index (χ0) is 31.8. The minimum atomic E-state index is -0.453. The van der Waals surface area contributed by atoms with Gasteiger partial charge in [-0.25, -0.2) is 0 Å². The Hall–Kier alpha value is -5.14. The van der Waals surface area contributed by atoms with Crippen molar-refractivity contribution in [1.82, 2.24) is 5.32 Å². The monoisotopic (exact) mass is 613 g/mol. The molecule has 0 aliphatic heterocycles. The number of aryl methyl sites for hydroxylation is 2. The van der Waals surface area contributed by atoms with Crippen molar-refractivity contribution in [2.45, 2.75) is 37.3 Å². The van der Waals surface area contributed by atoms with Gasteiger partial charge in [-0.05, 0) is 90.2 Å². The molecule has 0 spiro atoms. The van der Waals surface area contributed by atoms with E-state index in [9.17, 15) is 14.4 Å². The van der Waals surface area contributed by atoms with E-state index in [1.54, 1.807) is 42.5 Å². The van der Waals surface area contributed by atoms with Crippen LogP contribution in [-0.4, -0.2) is 23.0 Å². The highest BCUT2D eigenvalue weighted by atomic mass is 32.2. The van der Waals surface area contributed by atoms with Gasteiger partial charge in [0, 0.05) is 21.8 Å². The van der Waals surface area contributed by atoms with E-state index in [2.05, 4.69) is 22.9 Å². The lowest BCUT2D eigenvalue weighted by Gasteiger charge is -2.16. The fourth-order valence-corrected chi connectivity index (χ4v) is 5.84. The number of rotatable bonds is 10. The predicted molar refractivity (Wildman–Crippen MR) is 185 cm³/mol. The molecule has 6 nitrogen and oxygen atoms in total. The topological polar surface area (TPSA) is 87.3 Å². The van der Waals surface area contributed by atoms with Crippen LogP contribution in [0, 0.1) is 6.92 Å². The second kappa shape index (κ2) is 14.6. The van der Waals surface area contributed by atoms with Crippen molar-refractivity contribution in [3.8, 4) is 0 Å². The van der Waals surface area contributed by atoms with Crippen molar-refractivity contribution in [2.24, 2.45) is 0 Å². The normalized spacial score (nSPS) is 11.9. The lowest BCUT2D eigenvalue weighted by molar-refractivity contribution is -0.115. The van der Waals surface area contributed by atoms with Crippen molar-refractivity contribution in [1.29, 1.82) is 0 Å². The molecule has 226 valence electrons. The smallest absolute Gasteiger partial charge is 0.272 e. The zero-order valence-corrected chi connectivity index (χ0v) is 26.3. The largest absolute Gasteiger partial charge is 0.325 e. The summed E-state index contributed by atoms with van der Waals surface area (Å²) in [6.45, 7) is 5.94. The molecule has 5 aromatic carbocycles. The molecule has 5 rings (SSSR count). The molecule has 0 saturated heterocycles. The molecule has 0 radical (unpaired) electrons. The molecule has 0 heterocycles. The van der Waals surface area contributed by atoms with Gasteiger partial charge in [-0.1, -0.05) is 85.8 Å². The summed E-state index contributed by atoms with van der Waals surface area (Å²) in [5.74, 6) is -0.905. The first-order chi connectivity index (χ1) is 21.8. The second-order valence-electron chi connectivity index (χ2n) is 10.6. The van der Waals surface area contributed by atoms with Crippen LogP contribution in [0.4, 0.5) is 11.4 Å². The Balaban J connectivity index is 1.31. The Morgan fingerprint density at radius 3 is 2.22 bits per heavy atom. The number of fused-ring (bicyclic) bond motifs is 1.